The van der Waals surface area contributed by atoms with E-state index in [1.54, 1.807) is 0 Å². The van der Waals surface area contributed by atoms with Crippen LogP contribution in [0.4, 0.5) is 0 Å². The van der Waals surface area contributed by atoms with E-state index in [0.29, 0.717) is 0 Å². The molecule has 1 fully saturated rings. The first kappa shape index (κ1) is 5.35. The van der Waals surface area contributed by atoms with Gasteiger partial charge < -0.3 is 4.74 Å². The number of rotatable bonds is 2. The lowest BCUT2D eigenvalue weighted by Crippen LogP contribution is -1.81. The van der Waals surface area contributed by atoms with Crippen LogP contribution in [-0.4, -0.2) is 12.1 Å². The normalized spacial score (nSPS) is 26.1. The molecule has 0 aromatic rings. The third-order valence-corrected chi connectivity index (χ3v) is 1.05. The first-order chi connectivity index (χ1) is 3.84. The Hall–Kier alpha value is -0.790. The van der Waals surface area contributed by atoms with Gasteiger partial charge in [-0.2, -0.15) is 0 Å². The van der Waals surface area contributed by atoms with Crippen LogP contribution in [-0.2, 0) is 9.53 Å². The van der Waals surface area contributed by atoms with E-state index >= 15 is 0 Å². The van der Waals surface area contributed by atoms with Crippen LogP contribution in [0.1, 0.15) is 13.3 Å². The summed E-state index contributed by atoms with van der Waals surface area (Å²) in [7, 11) is 0. The van der Waals surface area contributed by atoms with Crippen molar-refractivity contribution < 1.29 is 9.53 Å². The van der Waals surface area contributed by atoms with Crippen LogP contribution in [0.2, 0.25) is 0 Å². The Kier molecular flexibility index (Phi) is 1.33. The predicted molar refractivity (Wildman–Crippen MR) is 29.3 cm³/mol. The van der Waals surface area contributed by atoms with Gasteiger partial charge in [0.25, 0.3) is 0 Å². The summed E-state index contributed by atoms with van der Waals surface area (Å²) in [6, 6.07) is 0. The highest BCUT2D eigenvalue weighted by Crippen LogP contribution is 2.15. The highest BCUT2D eigenvalue weighted by atomic mass is 16.6. The predicted octanol–water partition coefficient (Wildman–Crippen LogP) is 0.878. The minimum Gasteiger partial charge on any atom is -0.447 e. The Balaban J connectivity index is 2.14. The van der Waals surface area contributed by atoms with Gasteiger partial charge in [0, 0.05) is 6.42 Å². The van der Waals surface area contributed by atoms with Crippen LogP contribution in [0.25, 0.3) is 0 Å². The number of hydrogen-bond donors (Lipinski definition) is 0. The van der Waals surface area contributed by atoms with Crippen molar-refractivity contribution in [3.05, 3.63) is 12.2 Å². The van der Waals surface area contributed by atoms with Gasteiger partial charge in [-0.15, -0.1) is 0 Å². The van der Waals surface area contributed by atoms with Crippen LogP contribution >= 0.6 is 0 Å². The molecule has 0 aliphatic carbocycles. The molecule has 0 saturated carbocycles. The minimum atomic E-state index is -0.105. The molecule has 0 aromatic carbocycles. The highest BCUT2D eigenvalue weighted by Gasteiger charge is 2.36. The molecule has 0 amide bonds. The second-order valence-electron chi connectivity index (χ2n) is 1.73. The molecule has 1 aliphatic heterocycles. The maximum Gasteiger partial charge on any atom is 0.348 e. The van der Waals surface area contributed by atoms with Gasteiger partial charge >= 0.3 is 5.97 Å². The number of ether oxygens (including phenoxy) is 1. The van der Waals surface area contributed by atoms with Crippen LogP contribution in [0.15, 0.2) is 12.2 Å². The van der Waals surface area contributed by atoms with Crippen molar-refractivity contribution in [1.29, 1.82) is 0 Å². The summed E-state index contributed by atoms with van der Waals surface area (Å²) in [5, 5.41) is 0. The molecule has 2 nitrogen and oxygen atoms in total. The molecule has 0 bridgehead atoms. The van der Waals surface area contributed by atoms with Crippen molar-refractivity contribution in [1.82, 2.24) is 0 Å². The molecule has 44 valence electrons. The largest absolute Gasteiger partial charge is 0.447 e. The topological polar surface area (TPSA) is 29.6 Å². The number of cyclic esters (lactones) is 1. The van der Waals surface area contributed by atoms with E-state index in [2.05, 4.69) is 4.74 Å². The Morgan fingerprint density at radius 1 is 1.88 bits per heavy atom. The van der Waals surface area contributed by atoms with Gasteiger partial charge in [0.2, 0.25) is 6.10 Å². The fourth-order valence-corrected chi connectivity index (χ4v) is 0.510. The van der Waals surface area contributed by atoms with E-state index in [1.807, 2.05) is 19.1 Å². The van der Waals surface area contributed by atoms with E-state index in [0.717, 1.165) is 6.42 Å². The van der Waals surface area contributed by atoms with Gasteiger partial charge in [-0.3, -0.25) is 0 Å². The van der Waals surface area contributed by atoms with E-state index in [1.165, 1.54) is 0 Å². The van der Waals surface area contributed by atoms with Crippen molar-refractivity contribution in [2.45, 2.75) is 19.4 Å². The van der Waals surface area contributed by atoms with E-state index in [-0.39, 0.29) is 12.1 Å². The Morgan fingerprint density at radius 2 is 2.50 bits per heavy atom. The molecular weight excluding hydrogens is 104 g/mol. The van der Waals surface area contributed by atoms with Crippen molar-refractivity contribution in [2.24, 2.45) is 0 Å². The van der Waals surface area contributed by atoms with E-state index in [4.69, 9.17) is 0 Å². The monoisotopic (exact) mass is 112 g/mol. The van der Waals surface area contributed by atoms with Crippen LogP contribution in [0, 0.1) is 0 Å². The smallest absolute Gasteiger partial charge is 0.348 e. The maximum absolute atomic E-state index is 10.1. The van der Waals surface area contributed by atoms with Gasteiger partial charge in [0.15, 0.2) is 0 Å². The Labute approximate surface area is 48.1 Å². The number of allylic oxidation sites excluding steroid dienone is 1. The first-order valence-electron chi connectivity index (χ1n) is 2.66. The fraction of sp³-hybridized carbons (Fsp3) is 0.500. The molecule has 2 heteroatoms. The zero-order valence-electron chi connectivity index (χ0n) is 4.76. The molecule has 1 atom stereocenters. The Bertz CT molecular complexity index is 126. The SMILES string of the molecule is CC=CCC1OC1=O. The second kappa shape index (κ2) is 1.99. The third kappa shape index (κ3) is 1.09. The molecule has 1 heterocycles. The number of epoxide rings is 1. The standard InChI is InChI=1S/C6H8O2/c1-2-3-4-5-6(7)8-5/h2-3,5H,4H2,1H3. The summed E-state index contributed by atoms with van der Waals surface area (Å²) < 4.78 is 4.53. The maximum atomic E-state index is 10.1. The zero-order valence-corrected chi connectivity index (χ0v) is 4.76. The molecule has 0 aromatic heterocycles. The van der Waals surface area contributed by atoms with Crippen molar-refractivity contribution >= 4 is 5.97 Å². The summed E-state index contributed by atoms with van der Waals surface area (Å²) in [6.07, 6.45) is 4.48. The van der Waals surface area contributed by atoms with Crippen molar-refractivity contribution in [3.63, 3.8) is 0 Å². The number of carbonyl (C=O) groups is 1. The van der Waals surface area contributed by atoms with Gasteiger partial charge in [0.05, 0.1) is 0 Å². The summed E-state index contributed by atoms with van der Waals surface area (Å²) in [5.74, 6) is -0.0666. The summed E-state index contributed by atoms with van der Waals surface area (Å²) in [6.45, 7) is 1.92. The van der Waals surface area contributed by atoms with Gasteiger partial charge in [-0.05, 0) is 6.92 Å². The summed E-state index contributed by atoms with van der Waals surface area (Å²) in [4.78, 5) is 10.1. The number of carbonyl (C=O) groups excluding carboxylic acids is 1. The molecule has 0 spiro atoms. The van der Waals surface area contributed by atoms with Crippen LogP contribution in [0.5, 0.6) is 0 Å². The van der Waals surface area contributed by atoms with Gasteiger partial charge in [-0.25, -0.2) is 4.79 Å². The number of hydrogen-bond acceptors (Lipinski definition) is 2. The van der Waals surface area contributed by atoms with Gasteiger partial charge in [0.1, 0.15) is 0 Å². The summed E-state index contributed by atoms with van der Waals surface area (Å²) in [5.41, 5.74) is 0. The molecule has 8 heavy (non-hydrogen) atoms. The summed E-state index contributed by atoms with van der Waals surface area (Å²) >= 11 is 0. The minimum absolute atomic E-state index is 0.0666. The lowest BCUT2D eigenvalue weighted by Gasteiger charge is -1.74. The Morgan fingerprint density at radius 3 is 2.88 bits per heavy atom. The van der Waals surface area contributed by atoms with Gasteiger partial charge in [-0.1, -0.05) is 12.2 Å². The quantitative estimate of drug-likeness (QED) is 0.392. The lowest BCUT2D eigenvalue weighted by atomic mass is 10.3. The van der Waals surface area contributed by atoms with E-state index < -0.39 is 0 Å². The fourth-order valence-electron chi connectivity index (χ4n) is 0.510. The highest BCUT2D eigenvalue weighted by molar-refractivity contribution is 5.87. The second-order valence-corrected chi connectivity index (χ2v) is 1.73. The van der Waals surface area contributed by atoms with E-state index in [9.17, 15) is 4.79 Å². The average molecular weight is 112 g/mol. The average Bonchev–Trinajstić information content (AvgIpc) is 2.42. The molecule has 1 unspecified atom stereocenters. The molecular formula is C6H8O2. The van der Waals surface area contributed by atoms with Crippen molar-refractivity contribution in [2.75, 3.05) is 0 Å². The third-order valence-electron chi connectivity index (χ3n) is 1.05. The molecule has 1 rings (SSSR count). The molecule has 1 aliphatic rings. The van der Waals surface area contributed by atoms with Crippen molar-refractivity contribution in [3.8, 4) is 0 Å². The first-order valence-corrected chi connectivity index (χ1v) is 2.66. The molecule has 1 saturated heterocycles. The molecule has 0 N–H and O–H groups in total. The van der Waals surface area contributed by atoms with Crippen LogP contribution in [0.3, 0.4) is 0 Å². The molecule has 0 radical (unpaired) electrons. The lowest BCUT2D eigenvalue weighted by molar-refractivity contribution is -0.117. The van der Waals surface area contributed by atoms with Crippen LogP contribution < -0.4 is 0 Å². The zero-order chi connectivity index (χ0) is 5.98.